The number of para-hydroxylation sites is 1. The van der Waals surface area contributed by atoms with Crippen molar-refractivity contribution in [1.82, 2.24) is 0 Å². The van der Waals surface area contributed by atoms with Crippen LogP contribution in [0.5, 0.6) is 5.75 Å². The van der Waals surface area contributed by atoms with E-state index in [1.54, 1.807) is 13.3 Å². The van der Waals surface area contributed by atoms with Gasteiger partial charge in [0.2, 0.25) is 0 Å². The van der Waals surface area contributed by atoms with Gasteiger partial charge in [-0.05, 0) is 24.0 Å². The molecule has 4 heteroatoms. The SMILES string of the molecule is CC/C=N\N=C(/N)c1cccc(C(C)C)c1OC. The summed E-state index contributed by atoms with van der Waals surface area (Å²) in [5, 5.41) is 7.88. The Kier molecular flexibility index (Phi) is 5.36. The van der Waals surface area contributed by atoms with Gasteiger partial charge in [0, 0.05) is 6.21 Å². The van der Waals surface area contributed by atoms with E-state index in [-0.39, 0.29) is 0 Å². The van der Waals surface area contributed by atoms with E-state index in [1.807, 2.05) is 25.1 Å². The van der Waals surface area contributed by atoms with Crippen molar-refractivity contribution in [2.45, 2.75) is 33.1 Å². The highest BCUT2D eigenvalue weighted by Crippen LogP contribution is 2.29. The lowest BCUT2D eigenvalue weighted by Crippen LogP contribution is -2.15. The predicted molar refractivity (Wildman–Crippen MR) is 76.6 cm³/mol. The monoisotopic (exact) mass is 247 g/mol. The molecule has 1 rings (SSSR count). The molecule has 0 heterocycles. The highest BCUT2D eigenvalue weighted by Gasteiger charge is 2.13. The van der Waals surface area contributed by atoms with Crippen molar-refractivity contribution in [2.75, 3.05) is 7.11 Å². The lowest BCUT2D eigenvalue weighted by molar-refractivity contribution is 0.406. The molecule has 0 saturated heterocycles. The molecule has 4 nitrogen and oxygen atoms in total. The number of methoxy groups -OCH3 is 1. The molecule has 0 unspecified atom stereocenters. The molecule has 1 aromatic rings. The molecule has 0 atom stereocenters. The standard InChI is InChI=1S/C14H21N3O/c1-5-9-16-17-14(15)12-8-6-7-11(10(2)3)13(12)18-4/h6-10H,5H2,1-4H3,(H2,15,17)/b16-9-. The zero-order chi connectivity index (χ0) is 13.5. The van der Waals surface area contributed by atoms with Crippen LogP contribution in [0.15, 0.2) is 28.4 Å². The molecule has 0 amide bonds. The smallest absolute Gasteiger partial charge is 0.157 e. The van der Waals surface area contributed by atoms with Gasteiger partial charge in [0.05, 0.1) is 12.7 Å². The van der Waals surface area contributed by atoms with Crippen LogP contribution < -0.4 is 10.5 Å². The molecule has 0 radical (unpaired) electrons. The predicted octanol–water partition coefficient (Wildman–Crippen LogP) is 2.92. The van der Waals surface area contributed by atoms with Crippen LogP contribution in [0.25, 0.3) is 0 Å². The molecule has 0 aromatic heterocycles. The highest BCUT2D eigenvalue weighted by atomic mass is 16.5. The Morgan fingerprint density at radius 3 is 2.72 bits per heavy atom. The Hall–Kier alpha value is -1.84. The van der Waals surface area contributed by atoms with E-state index in [9.17, 15) is 0 Å². The number of amidine groups is 1. The average Bonchev–Trinajstić information content (AvgIpc) is 2.37. The molecule has 0 aliphatic carbocycles. The fourth-order valence-corrected chi connectivity index (χ4v) is 1.68. The van der Waals surface area contributed by atoms with Crippen molar-refractivity contribution in [2.24, 2.45) is 15.9 Å². The summed E-state index contributed by atoms with van der Waals surface area (Å²) in [5.41, 5.74) is 7.84. The molecule has 98 valence electrons. The first-order valence-electron chi connectivity index (χ1n) is 6.14. The van der Waals surface area contributed by atoms with Gasteiger partial charge in [-0.15, -0.1) is 5.10 Å². The van der Waals surface area contributed by atoms with Gasteiger partial charge >= 0.3 is 0 Å². The first-order chi connectivity index (χ1) is 8.61. The number of hydrogen-bond donors (Lipinski definition) is 1. The fourth-order valence-electron chi connectivity index (χ4n) is 1.68. The van der Waals surface area contributed by atoms with Gasteiger partial charge in [-0.3, -0.25) is 0 Å². The second-order valence-corrected chi connectivity index (χ2v) is 4.27. The Labute approximate surface area is 109 Å². The van der Waals surface area contributed by atoms with Gasteiger partial charge in [-0.1, -0.05) is 32.9 Å². The summed E-state index contributed by atoms with van der Waals surface area (Å²) < 4.78 is 5.45. The largest absolute Gasteiger partial charge is 0.496 e. The third-order valence-corrected chi connectivity index (χ3v) is 2.58. The number of ether oxygens (including phenoxy) is 1. The Morgan fingerprint density at radius 2 is 2.17 bits per heavy atom. The van der Waals surface area contributed by atoms with Gasteiger partial charge in [0.1, 0.15) is 5.75 Å². The van der Waals surface area contributed by atoms with Crippen molar-refractivity contribution in [3.8, 4) is 5.75 Å². The van der Waals surface area contributed by atoms with Crippen LogP contribution in [0.2, 0.25) is 0 Å². The van der Waals surface area contributed by atoms with E-state index in [2.05, 4.69) is 24.1 Å². The van der Waals surface area contributed by atoms with E-state index >= 15 is 0 Å². The minimum atomic E-state index is 0.367. The van der Waals surface area contributed by atoms with Crippen LogP contribution in [0.4, 0.5) is 0 Å². The second-order valence-electron chi connectivity index (χ2n) is 4.27. The molecule has 0 spiro atoms. The molecule has 0 bridgehead atoms. The number of nitrogens with two attached hydrogens (primary N) is 1. The van der Waals surface area contributed by atoms with Crippen molar-refractivity contribution in [3.05, 3.63) is 29.3 Å². The van der Waals surface area contributed by atoms with Gasteiger partial charge in [-0.25, -0.2) is 0 Å². The summed E-state index contributed by atoms with van der Waals surface area (Å²) in [6.07, 6.45) is 2.55. The van der Waals surface area contributed by atoms with E-state index in [1.165, 1.54) is 0 Å². The van der Waals surface area contributed by atoms with Crippen LogP contribution in [0.3, 0.4) is 0 Å². The summed E-state index contributed by atoms with van der Waals surface area (Å²) >= 11 is 0. The Morgan fingerprint density at radius 1 is 1.44 bits per heavy atom. The molecule has 18 heavy (non-hydrogen) atoms. The lowest BCUT2D eigenvalue weighted by atomic mass is 9.98. The van der Waals surface area contributed by atoms with Crippen molar-refractivity contribution >= 4 is 12.1 Å². The van der Waals surface area contributed by atoms with Crippen molar-refractivity contribution in [3.63, 3.8) is 0 Å². The summed E-state index contributed by atoms with van der Waals surface area (Å²) in [6, 6.07) is 5.89. The molecule has 0 aliphatic rings. The van der Waals surface area contributed by atoms with Crippen LogP contribution in [-0.4, -0.2) is 19.2 Å². The molecule has 0 saturated carbocycles. The van der Waals surface area contributed by atoms with Gasteiger partial charge in [-0.2, -0.15) is 5.10 Å². The van der Waals surface area contributed by atoms with E-state index < -0.39 is 0 Å². The maximum Gasteiger partial charge on any atom is 0.157 e. The van der Waals surface area contributed by atoms with Crippen LogP contribution in [-0.2, 0) is 0 Å². The number of nitrogens with zero attached hydrogens (tertiary/aromatic N) is 2. The average molecular weight is 247 g/mol. The summed E-state index contributed by atoms with van der Waals surface area (Å²) in [4.78, 5) is 0. The third kappa shape index (κ3) is 3.32. The normalized spacial score (nSPS) is 12.4. The maximum atomic E-state index is 5.94. The molecule has 2 N–H and O–H groups in total. The summed E-state index contributed by atoms with van der Waals surface area (Å²) in [7, 11) is 1.65. The topological polar surface area (TPSA) is 60.0 Å². The lowest BCUT2D eigenvalue weighted by Gasteiger charge is -2.15. The Bertz CT molecular complexity index is 450. The first-order valence-corrected chi connectivity index (χ1v) is 6.14. The van der Waals surface area contributed by atoms with E-state index in [4.69, 9.17) is 10.5 Å². The second kappa shape index (κ2) is 6.79. The summed E-state index contributed by atoms with van der Waals surface area (Å²) in [5.74, 6) is 1.52. The minimum absolute atomic E-state index is 0.367. The van der Waals surface area contributed by atoms with Gasteiger partial charge < -0.3 is 10.5 Å². The summed E-state index contributed by atoms with van der Waals surface area (Å²) in [6.45, 7) is 6.23. The van der Waals surface area contributed by atoms with Crippen LogP contribution in [0, 0.1) is 0 Å². The minimum Gasteiger partial charge on any atom is -0.496 e. The molecule has 0 aliphatic heterocycles. The quantitative estimate of drug-likeness (QED) is 0.494. The zero-order valence-corrected chi connectivity index (χ0v) is 11.5. The van der Waals surface area contributed by atoms with Crippen LogP contribution in [0.1, 0.15) is 44.2 Å². The first kappa shape index (κ1) is 14.2. The zero-order valence-electron chi connectivity index (χ0n) is 11.5. The van der Waals surface area contributed by atoms with Gasteiger partial charge in [0.15, 0.2) is 5.84 Å². The Balaban J connectivity index is 3.20. The number of hydrogen-bond acceptors (Lipinski definition) is 3. The molecular formula is C14H21N3O. The maximum absolute atomic E-state index is 5.94. The number of benzene rings is 1. The van der Waals surface area contributed by atoms with Crippen molar-refractivity contribution in [1.29, 1.82) is 0 Å². The molecule has 0 fully saturated rings. The van der Waals surface area contributed by atoms with E-state index in [0.29, 0.717) is 11.8 Å². The highest BCUT2D eigenvalue weighted by molar-refractivity contribution is 6.00. The van der Waals surface area contributed by atoms with E-state index in [0.717, 1.165) is 23.3 Å². The third-order valence-electron chi connectivity index (χ3n) is 2.58. The fraction of sp³-hybridized carbons (Fsp3) is 0.429. The van der Waals surface area contributed by atoms with Crippen LogP contribution >= 0.6 is 0 Å². The van der Waals surface area contributed by atoms with Gasteiger partial charge in [0.25, 0.3) is 0 Å². The molecular weight excluding hydrogens is 226 g/mol. The number of rotatable bonds is 5. The molecule has 1 aromatic carbocycles. The van der Waals surface area contributed by atoms with Crippen molar-refractivity contribution < 1.29 is 4.74 Å².